The first-order chi connectivity index (χ1) is 11.0. The number of carbonyl (C=O) groups is 2. The van der Waals surface area contributed by atoms with Gasteiger partial charge in [-0.15, -0.1) is 0 Å². The first kappa shape index (κ1) is 17.0. The van der Waals surface area contributed by atoms with Gasteiger partial charge in [-0.05, 0) is 42.8 Å². The molecule has 2 rings (SSSR count). The molecule has 0 aromatic heterocycles. The van der Waals surface area contributed by atoms with Crippen LogP contribution in [0, 0.1) is 6.92 Å². The summed E-state index contributed by atoms with van der Waals surface area (Å²) in [5.41, 5.74) is 2.32. The Balaban J connectivity index is 1.71. The molecule has 0 aliphatic carbocycles. The number of ether oxygens (including phenoxy) is 1. The van der Waals surface area contributed by atoms with Crippen molar-refractivity contribution in [2.24, 2.45) is 0 Å². The van der Waals surface area contributed by atoms with E-state index in [1.807, 2.05) is 25.1 Å². The zero-order valence-electron chi connectivity index (χ0n) is 12.6. The lowest BCUT2D eigenvalue weighted by atomic mass is 10.2. The van der Waals surface area contributed by atoms with E-state index in [9.17, 15) is 9.59 Å². The van der Waals surface area contributed by atoms with Gasteiger partial charge in [-0.1, -0.05) is 29.8 Å². The second kappa shape index (κ2) is 8.31. The summed E-state index contributed by atoms with van der Waals surface area (Å²) < 4.78 is 5.11. The highest BCUT2D eigenvalue weighted by atomic mass is 35.5. The van der Waals surface area contributed by atoms with Gasteiger partial charge in [0.05, 0.1) is 0 Å². The van der Waals surface area contributed by atoms with Gasteiger partial charge in [-0.3, -0.25) is 9.59 Å². The summed E-state index contributed by atoms with van der Waals surface area (Å²) in [6.45, 7) is 1.52. The number of nitrogens with one attached hydrogen (secondary N) is 2. The standard InChI is InChI=1S/C17H17ClN2O3/c1-12-4-2-6-14(8-12)19-16(21)10-23-11-17(22)20-15-7-3-5-13(18)9-15/h2-9H,10-11H2,1H3,(H,19,21)(H,20,22). The van der Waals surface area contributed by atoms with Crippen molar-refractivity contribution in [2.75, 3.05) is 23.8 Å². The summed E-state index contributed by atoms with van der Waals surface area (Å²) in [6.07, 6.45) is 0. The van der Waals surface area contributed by atoms with E-state index in [0.29, 0.717) is 16.4 Å². The van der Waals surface area contributed by atoms with Crippen LogP contribution >= 0.6 is 11.6 Å². The molecule has 5 nitrogen and oxygen atoms in total. The second-order valence-electron chi connectivity index (χ2n) is 4.97. The predicted octanol–water partition coefficient (Wildman–Crippen LogP) is 3.24. The highest BCUT2D eigenvalue weighted by Gasteiger charge is 2.06. The minimum atomic E-state index is -0.351. The molecule has 0 unspecified atom stereocenters. The third-order valence-corrected chi connectivity index (χ3v) is 3.11. The molecule has 0 bridgehead atoms. The van der Waals surface area contributed by atoms with E-state index in [1.54, 1.807) is 30.3 Å². The second-order valence-corrected chi connectivity index (χ2v) is 5.41. The molecule has 2 amide bonds. The Bertz CT molecular complexity index is 644. The number of benzene rings is 2. The average molecular weight is 333 g/mol. The van der Waals surface area contributed by atoms with Gasteiger partial charge >= 0.3 is 0 Å². The monoisotopic (exact) mass is 332 g/mol. The minimum absolute atomic E-state index is 0.198. The molecule has 2 N–H and O–H groups in total. The van der Waals surface area contributed by atoms with E-state index in [0.717, 1.165) is 5.56 Å². The zero-order valence-corrected chi connectivity index (χ0v) is 13.4. The van der Waals surface area contributed by atoms with Gasteiger partial charge in [-0.25, -0.2) is 0 Å². The maximum Gasteiger partial charge on any atom is 0.250 e. The SMILES string of the molecule is Cc1cccc(NC(=O)COCC(=O)Nc2cccc(Cl)c2)c1. The van der Waals surface area contributed by atoms with Gasteiger partial charge in [0.25, 0.3) is 0 Å². The van der Waals surface area contributed by atoms with Crippen molar-refractivity contribution in [3.8, 4) is 0 Å². The van der Waals surface area contributed by atoms with Crippen molar-refractivity contribution in [1.82, 2.24) is 0 Å². The molecular weight excluding hydrogens is 316 g/mol. The summed E-state index contributed by atoms with van der Waals surface area (Å²) in [6, 6.07) is 14.2. The Morgan fingerprint density at radius 3 is 2.09 bits per heavy atom. The Morgan fingerprint density at radius 2 is 1.52 bits per heavy atom. The fourth-order valence-corrected chi connectivity index (χ4v) is 2.11. The molecule has 0 radical (unpaired) electrons. The summed E-state index contributed by atoms with van der Waals surface area (Å²) in [4.78, 5) is 23.4. The Hall–Kier alpha value is -2.37. The first-order valence-electron chi connectivity index (χ1n) is 7.02. The summed E-state index contributed by atoms with van der Waals surface area (Å²) in [5, 5.41) is 5.86. The van der Waals surface area contributed by atoms with Crippen LogP contribution in [0.5, 0.6) is 0 Å². The molecule has 2 aromatic carbocycles. The van der Waals surface area contributed by atoms with Gasteiger partial charge in [0, 0.05) is 16.4 Å². The number of hydrogen-bond donors (Lipinski definition) is 2. The Labute approximate surface area is 139 Å². The predicted molar refractivity (Wildman–Crippen MR) is 90.7 cm³/mol. The number of amides is 2. The molecular formula is C17H17ClN2O3. The van der Waals surface area contributed by atoms with Gasteiger partial charge in [0.2, 0.25) is 11.8 Å². The van der Waals surface area contributed by atoms with Crippen LogP contribution in [-0.4, -0.2) is 25.0 Å². The van der Waals surface area contributed by atoms with E-state index < -0.39 is 0 Å². The normalized spacial score (nSPS) is 10.2. The third kappa shape index (κ3) is 6.10. The van der Waals surface area contributed by atoms with Crippen LogP contribution in [0.2, 0.25) is 5.02 Å². The number of anilines is 2. The molecule has 120 valence electrons. The van der Waals surface area contributed by atoms with Gasteiger partial charge in [0.1, 0.15) is 13.2 Å². The average Bonchev–Trinajstić information content (AvgIpc) is 2.47. The van der Waals surface area contributed by atoms with Crippen molar-refractivity contribution >= 4 is 34.8 Å². The van der Waals surface area contributed by atoms with Crippen molar-refractivity contribution in [1.29, 1.82) is 0 Å². The fraction of sp³-hybridized carbons (Fsp3) is 0.176. The first-order valence-corrected chi connectivity index (χ1v) is 7.40. The van der Waals surface area contributed by atoms with E-state index in [-0.39, 0.29) is 25.0 Å². The number of aryl methyl sites for hydroxylation is 1. The number of rotatable bonds is 6. The topological polar surface area (TPSA) is 67.4 Å². The van der Waals surface area contributed by atoms with E-state index in [2.05, 4.69) is 10.6 Å². The van der Waals surface area contributed by atoms with Crippen LogP contribution in [0.15, 0.2) is 48.5 Å². The molecule has 0 heterocycles. The lowest BCUT2D eigenvalue weighted by Gasteiger charge is -2.08. The van der Waals surface area contributed by atoms with Crippen molar-refractivity contribution in [2.45, 2.75) is 6.92 Å². The number of hydrogen-bond acceptors (Lipinski definition) is 3. The van der Waals surface area contributed by atoms with Crippen LogP contribution in [0.25, 0.3) is 0 Å². The molecule has 2 aromatic rings. The highest BCUT2D eigenvalue weighted by molar-refractivity contribution is 6.30. The molecule has 0 saturated carbocycles. The van der Waals surface area contributed by atoms with Gasteiger partial charge in [-0.2, -0.15) is 0 Å². The summed E-state index contributed by atoms with van der Waals surface area (Å²) >= 11 is 5.83. The van der Waals surface area contributed by atoms with Crippen LogP contribution in [0.1, 0.15) is 5.56 Å². The quantitative estimate of drug-likeness (QED) is 0.853. The smallest absolute Gasteiger partial charge is 0.250 e. The number of carbonyl (C=O) groups excluding carboxylic acids is 2. The molecule has 0 atom stereocenters. The molecule has 23 heavy (non-hydrogen) atoms. The van der Waals surface area contributed by atoms with Gasteiger partial charge < -0.3 is 15.4 Å². The van der Waals surface area contributed by atoms with E-state index in [4.69, 9.17) is 16.3 Å². The molecule has 0 fully saturated rings. The Morgan fingerprint density at radius 1 is 0.957 bits per heavy atom. The van der Waals surface area contributed by atoms with Gasteiger partial charge in [0.15, 0.2) is 0 Å². The van der Waals surface area contributed by atoms with Crippen molar-refractivity contribution in [3.05, 3.63) is 59.1 Å². The maximum atomic E-state index is 11.7. The fourth-order valence-electron chi connectivity index (χ4n) is 1.92. The lowest BCUT2D eigenvalue weighted by molar-refractivity contribution is -0.125. The van der Waals surface area contributed by atoms with Crippen molar-refractivity contribution in [3.63, 3.8) is 0 Å². The molecule has 6 heteroatoms. The van der Waals surface area contributed by atoms with Crippen molar-refractivity contribution < 1.29 is 14.3 Å². The van der Waals surface area contributed by atoms with Crippen LogP contribution < -0.4 is 10.6 Å². The molecule has 0 saturated heterocycles. The number of halogens is 1. The van der Waals surface area contributed by atoms with E-state index >= 15 is 0 Å². The highest BCUT2D eigenvalue weighted by Crippen LogP contribution is 2.14. The lowest BCUT2D eigenvalue weighted by Crippen LogP contribution is -2.23. The third-order valence-electron chi connectivity index (χ3n) is 2.88. The molecule has 0 aliphatic heterocycles. The van der Waals surface area contributed by atoms with Crippen LogP contribution in [-0.2, 0) is 14.3 Å². The van der Waals surface area contributed by atoms with Crippen LogP contribution in [0.4, 0.5) is 11.4 Å². The zero-order chi connectivity index (χ0) is 16.7. The molecule has 0 spiro atoms. The van der Waals surface area contributed by atoms with E-state index in [1.165, 1.54) is 0 Å². The molecule has 0 aliphatic rings. The summed E-state index contributed by atoms with van der Waals surface area (Å²) in [5.74, 6) is -0.665. The Kier molecular flexibility index (Phi) is 6.14. The minimum Gasteiger partial charge on any atom is -0.362 e. The largest absolute Gasteiger partial charge is 0.362 e. The van der Waals surface area contributed by atoms with Crippen LogP contribution in [0.3, 0.4) is 0 Å². The summed E-state index contributed by atoms with van der Waals surface area (Å²) in [7, 11) is 0. The maximum absolute atomic E-state index is 11.7.